The van der Waals surface area contributed by atoms with Crippen LogP contribution in [0.3, 0.4) is 0 Å². The molecule has 2 N–H and O–H groups in total. The van der Waals surface area contributed by atoms with E-state index in [0.29, 0.717) is 6.04 Å². The van der Waals surface area contributed by atoms with E-state index in [1.54, 1.807) is 7.11 Å². The van der Waals surface area contributed by atoms with Crippen LogP contribution < -0.4 is 10.5 Å². The fraction of sp³-hybridized carbons (Fsp3) is 0.438. The first-order valence-electron chi connectivity index (χ1n) is 7.19. The van der Waals surface area contributed by atoms with Crippen molar-refractivity contribution < 1.29 is 4.74 Å². The van der Waals surface area contributed by atoms with Gasteiger partial charge in [-0.05, 0) is 36.7 Å². The van der Waals surface area contributed by atoms with Gasteiger partial charge in [0.25, 0.3) is 0 Å². The predicted molar refractivity (Wildman–Crippen MR) is 82.1 cm³/mol. The minimum absolute atomic E-state index is 0.0142. The van der Waals surface area contributed by atoms with E-state index in [1.165, 1.54) is 11.1 Å². The van der Waals surface area contributed by atoms with Crippen LogP contribution in [0.2, 0.25) is 0 Å². The first-order chi connectivity index (χ1) is 10.1. The minimum Gasteiger partial charge on any atom is -0.497 e. The lowest BCUT2D eigenvalue weighted by molar-refractivity contribution is 0.208. The summed E-state index contributed by atoms with van der Waals surface area (Å²) in [6, 6.07) is 6.51. The Morgan fingerprint density at radius 3 is 2.95 bits per heavy atom. The van der Waals surface area contributed by atoms with Crippen molar-refractivity contribution >= 4 is 0 Å². The smallest absolute Gasteiger partial charge is 0.122 e. The topological polar surface area (TPSA) is 56.3 Å². The SMILES string of the molecule is COc1ccc2c(c1)C(N)C(N(C)Cc1nccn1C)C2. The molecular weight excluding hydrogens is 264 g/mol. The molecule has 0 bridgehead atoms. The molecule has 2 aromatic rings. The Kier molecular flexibility index (Phi) is 3.69. The molecule has 0 radical (unpaired) electrons. The number of benzene rings is 1. The summed E-state index contributed by atoms with van der Waals surface area (Å²) in [5, 5.41) is 0. The van der Waals surface area contributed by atoms with Crippen LogP contribution >= 0.6 is 0 Å². The lowest BCUT2D eigenvalue weighted by Crippen LogP contribution is -2.38. The lowest BCUT2D eigenvalue weighted by atomic mass is 10.1. The molecule has 5 nitrogen and oxygen atoms in total. The number of nitrogens with two attached hydrogens (primary N) is 1. The van der Waals surface area contributed by atoms with Crippen LogP contribution in [-0.4, -0.2) is 34.7 Å². The molecule has 0 amide bonds. The molecule has 0 fully saturated rings. The van der Waals surface area contributed by atoms with Gasteiger partial charge in [0.15, 0.2) is 0 Å². The van der Waals surface area contributed by atoms with Gasteiger partial charge in [-0.2, -0.15) is 0 Å². The molecule has 0 saturated carbocycles. The predicted octanol–water partition coefficient (Wildman–Crippen LogP) is 1.49. The first kappa shape index (κ1) is 14.1. The lowest BCUT2D eigenvalue weighted by Gasteiger charge is -2.27. The van der Waals surface area contributed by atoms with E-state index in [1.807, 2.05) is 30.1 Å². The Morgan fingerprint density at radius 1 is 1.48 bits per heavy atom. The van der Waals surface area contributed by atoms with Gasteiger partial charge >= 0.3 is 0 Å². The number of nitrogens with zero attached hydrogens (tertiary/aromatic N) is 3. The second-order valence-electron chi connectivity index (χ2n) is 5.73. The number of methoxy groups -OCH3 is 1. The van der Waals surface area contributed by atoms with Crippen LogP contribution in [0.4, 0.5) is 0 Å². The van der Waals surface area contributed by atoms with Gasteiger partial charge in [0.1, 0.15) is 11.6 Å². The third-order valence-corrected chi connectivity index (χ3v) is 4.43. The van der Waals surface area contributed by atoms with Crippen molar-refractivity contribution in [3.63, 3.8) is 0 Å². The molecule has 3 rings (SSSR count). The second-order valence-corrected chi connectivity index (χ2v) is 5.73. The zero-order valence-corrected chi connectivity index (χ0v) is 12.8. The molecule has 112 valence electrons. The van der Waals surface area contributed by atoms with Gasteiger partial charge in [-0.3, -0.25) is 4.90 Å². The quantitative estimate of drug-likeness (QED) is 0.925. The summed E-state index contributed by atoms with van der Waals surface area (Å²) in [5.41, 5.74) is 8.98. The van der Waals surface area contributed by atoms with Gasteiger partial charge in [0, 0.05) is 31.5 Å². The van der Waals surface area contributed by atoms with E-state index >= 15 is 0 Å². The number of ether oxygens (including phenoxy) is 1. The molecule has 2 unspecified atom stereocenters. The van der Waals surface area contributed by atoms with E-state index in [0.717, 1.165) is 24.5 Å². The molecule has 0 saturated heterocycles. The Labute approximate surface area is 125 Å². The van der Waals surface area contributed by atoms with Gasteiger partial charge in [0.2, 0.25) is 0 Å². The number of rotatable bonds is 4. The number of aromatic nitrogens is 2. The maximum Gasteiger partial charge on any atom is 0.122 e. The Morgan fingerprint density at radius 2 is 2.29 bits per heavy atom. The second kappa shape index (κ2) is 5.50. The van der Waals surface area contributed by atoms with Crippen LogP contribution in [0.15, 0.2) is 30.6 Å². The van der Waals surface area contributed by atoms with Gasteiger partial charge < -0.3 is 15.0 Å². The number of likely N-dealkylation sites (N-methyl/N-ethyl adjacent to an activating group) is 1. The van der Waals surface area contributed by atoms with Crippen LogP contribution in [-0.2, 0) is 20.0 Å². The zero-order valence-electron chi connectivity index (χ0n) is 12.8. The highest BCUT2D eigenvalue weighted by molar-refractivity contribution is 5.42. The highest BCUT2D eigenvalue weighted by atomic mass is 16.5. The molecule has 1 aliphatic carbocycles. The van der Waals surface area contributed by atoms with Gasteiger partial charge in [0.05, 0.1) is 13.7 Å². The van der Waals surface area contributed by atoms with Crippen molar-refractivity contribution in [2.75, 3.05) is 14.2 Å². The summed E-state index contributed by atoms with van der Waals surface area (Å²) < 4.78 is 7.35. The summed E-state index contributed by atoms with van der Waals surface area (Å²) in [6.45, 7) is 0.799. The number of aryl methyl sites for hydroxylation is 1. The van der Waals surface area contributed by atoms with E-state index in [9.17, 15) is 0 Å². The molecular formula is C16H22N4O. The molecule has 0 spiro atoms. The average Bonchev–Trinajstić information content (AvgIpc) is 3.03. The molecule has 2 atom stereocenters. The van der Waals surface area contributed by atoms with Crippen LogP contribution in [0, 0.1) is 0 Å². The van der Waals surface area contributed by atoms with Crippen LogP contribution in [0.25, 0.3) is 0 Å². The normalized spacial score (nSPS) is 20.8. The van der Waals surface area contributed by atoms with E-state index in [2.05, 4.69) is 29.1 Å². The standard InChI is InChI=1S/C16H22N4O/c1-19-7-6-18-15(19)10-20(2)14-8-11-4-5-12(21-3)9-13(11)16(14)17/h4-7,9,14,16H,8,10,17H2,1-3H3. The first-order valence-corrected chi connectivity index (χ1v) is 7.19. The molecule has 5 heteroatoms. The number of hydrogen-bond acceptors (Lipinski definition) is 4. The third-order valence-electron chi connectivity index (χ3n) is 4.43. The summed E-state index contributed by atoms with van der Waals surface area (Å²) in [4.78, 5) is 6.68. The van der Waals surface area contributed by atoms with Crippen molar-refractivity contribution in [2.24, 2.45) is 12.8 Å². The Bertz CT molecular complexity index is 637. The van der Waals surface area contributed by atoms with Gasteiger partial charge in [-0.1, -0.05) is 6.07 Å². The van der Waals surface area contributed by atoms with Gasteiger partial charge in [-0.15, -0.1) is 0 Å². The van der Waals surface area contributed by atoms with E-state index in [4.69, 9.17) is 10.5 Å². The fourth-order valence-electron chi connectivity index (χ4n) is 3.07. The zero-order chi connectivity index (χ0) is 15.0. The number of hydrogen-bond donors (Lipinski definition) is 1. The minimum atomic E-state index is 0.0142. The summed E-state index contributed by atoms with van der Waals surface area (Å²) >= 11 is 0. The summed E-state index contributed by atoms with van der Waals surface area (Å²) in [7, 11) is 5.82. The summed E-state index contributed by atoms with van der Waals surface area (Å²) in [5.74, 6) is 1.93. The average molecular weight is 286 g/mol. The van der Waals surface area contributed by atoms with Gasteiger partial charge in [-0.25, -0.2) is 4.98 Å². The Balaban J connectivity index is 1.77. The highest BCUT2D eigenvalue weighted by Crippen LogP contribution is 2.35. The van der Waals surface area contributed by atoms with Crippen LogP contribution in [0.1, 0.15) is 23.0 Å². The van der Waals surface area contributed by atoms with E-state index < -0.39 is 0 Å². The van der Waals surface area contributed by atoms with E-state index in [-0.39, 0.29) is 6.04 Å². The largest absolute Gasteiger partial charge is 0.497 e. The van der Waals surface area contributed by atoms with Crippen molar-refractivity contribution in [1.29, 1.82) is 0 Å². The molecule has 0 aliphatic heterocycles. The molecule has 1 aromatic heterocycles. The van der Waals surface area contributed by atoms with Crippen molar-refractivity contribution in [1.82, 2.24) is 14.5 Å². The third kappa shape index (κ3) is 2.54. The van der Waals surface area contributed by atoms with Crippen molar-refractivity contribution in [3.8, 4) is 5.75 Å². The number of fused-ring (bicyclic) bond motifs is 1. The molecule has 1 aromatic carbocycles. The highest BCUT2D eigenvalue weighted by Gasteiger charge is 2.33. The Hall–Kier alpha value is -1.85. The fourth-order valence-corrected chi connectivity index (χ4v) is 3.07. The monoisotopic (exact) mass is 286 g/mol. The van der Waals surface area contributed by atoms with Crippen LogP contribution in [0.5, 0.6) is 5.75 Å². The summed E-state index contributed by atoms with van der Waals surface area (Å²) in [6.07, 6.45) is 4.77. The van der Waals surface area contributed by atoms with Crippen molar-refractivity contribution in [2.45, 2.75) is 25.0 Å². The molecule has 1 aliphatic rings. The maximum atomic E-state index is 6.46. The molecule has 1 heterocycles. The van der Waals surface area contributed by atoms with Crippen molar-refractivity contribution in [3.05, 3.63) is 47.5 Å². The number of imidazole rings is 1. The maximum absolute atomic E-state index is 6.46. The molecule has 21 heavy (non-hydrogen) atoms.